The maximum absolute atomic E-state index is 13.8. The quantitative estimate of drug-likeness (QED) is 0.549. The number of amides is 2. The summed E-state index contributed by atoms with van der Waals surface area (Å²) < 4.78 is 27.7. The lowest BCUT2D eigenvalue weighted by molar-refractivity contribution is -0.134. The minimum Gasteiger partial charge on any atom is -0.334 e. The van der Waals surface area contributed by atoms with Crippen LogP contribution in [-0.2, 0) is 9.59 Å². The van der Waals surface area contributed by atoms with E-state index >= 15 is 0 Å². The highest BCUT2D eigenvalue weighted by Crippen LogP contribution is 2.17. The van der Waals surface area contributed by atoms with Gasteiger partial charge in [0, 0.05) is 37.3 Å². The van der Waals surface area contributed by atoms with Crippen molar-refractivity contribution in [3.63, 3.8) is 0 Å². The van der Waals surface area contributed by atoms with E-state index in [9.17, 15) is 28.9 Å². The normalized spacial score (nSPS) is 14.5. The average Bonchev–Trinajstić information content (AvgIpc) is 2.82. The molecule has 0 radical (unpaired) electrons. The molecular formula is C24H18F2N4O2. The molecule has 0 N–H and O–H groups in total. The third kappa shape index (κ3) is 5.05. The monoisotopic (exact) mass is 432 g/mol. The Morgan fingerprint density at radius 3 is 1.38 bits per heavy atom. The first-order valence-electron chi connectivity index (χ1n) is 9.75. The Hall–Kier alpha value is -4.30. The lowest BCUT2D eigenvalue weighted by atomic mass is 10.1. The van der Waals surface area contributed by atoms with E-state index in [2.05, 4.69) is 0 Å². The van der Waals surface area contributed by atoms with Crippen LogP contribution in [0.25, 0.3) is 12.2 Å². The van der Waals surface area contributed by atoms with Gasteiger partial charge in [0.2, 0.25) is 0 Å². The third-order valence-electron chi connectivity index (χ3n) is 4.97. The fourth-order valence-corrected chi connectivity index (χ4v) is 3.23. The molecule has 160 valence electrons. The minimum atomic E-state index is -0.565. The summed E-state index contributed by atoms with van der Waals surface area (Å²) in [5.41, 5.74) is -0.176. The molecule has 1 aliphatic rings. The van der Waals surface area contributed by atoms with E-state index in [0.29, 0.717) is 0 Å². The molecular weight excluding hydrogens is 414 g/mol. The zero-order valence-electron chi connectivity index (χ0n) is 17.0. The third-order valence-corrected chi connectivity index (χ3v) is 4.97. The van der Waals surface area contributed by atoms with Gasteiger partial charge in [-0.1, -0.05) is 36.4 Å². The fraction of sp³-hybridized carbons (Fsp3) is 0.167. The topological polar surface area (TPSA) is 88.2 Å². The summed E-state index contributed by atoms with van der Waals surface area (Å²) in [6.45, 7) is 0.553. The number of halogens is 2. The summed E-state index contributed by atoms with van der Waals surface area (Å²) in [7, 11) is 0. The van der Waals surface area contributed by atoms with Crippen LogP contribution in [0.3, 0.4) is 0 Å². The van der Waals surface area contributed by atoms with Gasteiger partial charge < -0.3 is 9.80 Å². The Kier molecular flexibility index (Phi) is 7.09. The minimum absolute atomic E-state index is 0.128. The number of nitrogens with zero attached hydrogens (tertiary/aromatic N) is 4. The zero-order chi connectivity index (χ0) is 23.1. The van der Waals surface area contributed by atoms with E-state index < -0.39 is 23.4 Å². The molecule has 0 saturated carbocycles. The average molecular weight is 432 g/mol. The number of hydrogen-bond donors (Lipinski definition) is 0. The van der Waals surface area contributed by atoms with E-state index in [1.807, 2.05) is 0 Å². The van der Waals surface area contributed by atoms with Crippen molar-refractivity contribution in [2.24, 2.45) is 0 Å². The fourth-order valence-electron chi connectivity index (χ4n) is 3.23. The summed E-state index contributed by atoms with van der Waals surface area (Å²) >= 11 is 0. The van der Waals surface area contributed by atoms with Crippen LogP contribution in [0.2, 0.25) is 0 Å². The largest absolute Gasteiger partial charge is 0.334 e. The summed E-state index contributed by atoms with van der Waals surface area (Å²) in [6.07, 6.45) is 2.39. The molecule has 2 amide bonds. The molecule has 1 saturated heterocycles. The molecule has 0 bridgehead atoms. The predicted molar refractivity (Wildman–Crippen MR) is 113 cm³/mol. The standard InChI is InChI=1S/C24H18F2N4O2/c25-21-7-3-1-5-17(21)13-19(15-27)23(31)29-9-11-30(12-10-29)24(32)20(16-28)14-18-6-2-4-8-22(18)26/h1-8,13-14H,9-12H2/b19-13+,20-14+. The van der Waals surface area contributed by atoms with Gasteiger partial charge in [-0.15, -0.1) is 0 Å². The molecule has 0 atom stereocenters. The molecule has 8 heteroatoms. The number of benzene rings is 2. The number of nitriles is 2. The predicted octanol–water partition coefficient (Wildman–Crippen LogP) is 3.15. The molecule has 2 aromatic carbocycles. The van der Waals surface area contributed by atoms with Crippen molar-refractivity contribution in [2.75, 3.05) is 26.2 Å². The molecule has 32 heavy (non-hydrogen) atoms. The van der Waals surface area contributed by atoms with Crippen LogP contribution in [0.1, 0.15) is 11.1 Å². The van der Waals surface area contributed by atoms with Gasteiger partial charge in [0.15, 0.2) is 0 Å². The van der Waals surface area contributed by atoms with E-state index in [4.69, 9.17) is 0 Å². The Balaban J connectivity index is 1.69. The van der Waals surface area contributed by atoms with Crippen molar-refractivity contribution < 1.29 is 18.4 Å². The number of carbonyl (C=O) groups excluding carboxylic acids is 2. The number of piperazine rings is 1. The highest BCUT2D eigenvalue weighted by Gasteiger charge is 2.27. The second-order valence-electron chi connectivity index (χ2n) is 6.97. The van der Waals surface area contributed by atoms with Gasteiger partial charge in [0.05, 0.1) is 0 Å². The van der Waals surface area contributed by atoms with Crippen LogP contribution in [0.4, 0.5) is 8.78 Å². The zero-order valence-corrected chi connectivity index (χ0v) is 17.0. The van der Waals surface area contributed by atoms with Crippen LogP contribution < -0.4 is 0 Å². The first-order chi connectivity index (χ1) is 15.4. The first-order valence-corrected chi connectivity index (χ1v) is 9.75. The molecule has 1 aliphatic heterocycles. The number of carbonyl (C=O) groups is 2. The Labute approximate surface area is 183 Å². The van der Waals surface area contributed by atoms with Crippen molar-refractivity contribution in [3.05, 3.63) is 82.4 Å². The van der Waals surface area contributed by atoms with E-state index in [1.165, 1.54) is 58.4 Å². The maximum Gasteiger partial charge on any atom is 0.264 e. The lowest BCUT2D eigenvalue weighted by Gasteiger charge is -2.34. The summed E-state index contributed by atoms with van der Waals surface area (Å²) in [4.78, 5) is 28.2. The number of hydrogen-bond acceptors (Lipinski definition) is 4. The van der Waals surface area contributed by atoms with Crippen LogP contribution in [0.15, 0.2) is 59.7 Å². The molecule has 1 fully saturated rings. The smallest absolute Gasteiger partial charge is 0.264 e. The van der Waals surface area contributed by atoms with Gasteiger partial charge in [-0.3, -0.25) is 9.59 Å². The Morgan fingerprint density at radius 2 is 1.06 bits per heavy atom. The Morgan fingerprint density at radius 1 is 0.719 bits per heavy atom. The summed E-state index contributed by atoms with van der Waals surface area (Å²) in [5.74, 6) is -2.22. The molecule has 0 aromatic heterocycles. The van der Waals surface area contributed by atoms with E-state index in [0.717, 1.165) is 0 Å². The molecule has 1 heterocycles. The first kappa shape index (κ1) is 22.4. The molecule has 0 spiro atoms. The van der Waals surface area contributed by atoms with Gasteiger partial charge in [0.1, 0.15) is 34.9 Å². The van der Waals surface area contributed by atoms with Gasteiger partial charge in [-0.05, 0) is 24.3 Å². The Bertz CT molecular complexity index is 1090. The van der Waals surface area contributed by atoms with E-state index in [-0.39, 0.29) is 48.5 Å². The van der Waals surface area contributed by atoms with Crippen LogP contribution >= 0.6 is 0 Å². The van der Waals surface area contributed by atoms with Crippen molar-refractivity contribution in [1.82, 2.24) is 9.80 Å². The summed E-state index contributed by atoms with van der Waals surface area (Å²) in [6, 6.07) is 15.2. The maximum atomic E-state index is 13.8. The highest BCUT2D eigenvalue weighted by atomic mass is 19.1. The van der Waals surface area contributed by atoms with Crippen molar-refractivity contribution in [1.29, 1.82) is 10.5 Å². The van der Waals surface area contributed by atoms with Gasteiger partial charge in [-0.2, -0.15) is 10.5 Å². The molecule has 3 rings (SSSR count). The second-order valence-corrected chi connectivity index (χ2v) is 6.97. The lowest BCUT2D eigenvalue weighted by Crippen LogP contribution is -2.51. The van der Waals surface area contributed by atoms with Crippen molar-refractivity contribution in [2.45, 2.75) is 0 Å². The number of rotatable bonds is 4. The van der Waals surface area contributed by atoms with Gasteiger partial charge in [-0.25, -0.2) is 8.78 Å². The van der Waals surface area contributed by atoms with Gasteiger partial charge >= 0.3 is 0 Å². The van der Waals surface area contributed by atoms with Crippen molar-refractivity contribution >= 4 is 24.0 Å². The molecule has 0 aliphatic carbocycles. The van der Waals surface area contributed by atoms with Crippen molar-refractivity contribution in [3.8, 4) is 12.1 Å². The summed E-state index contributed by atoms with van der Waals surface area (Å²) in [5, 5.41) is 18.7. The molecule has 0 unspecified atom stereocenters. The molecule has 2 aromatic rings. The SMILES string of the molecule is N#C/C(=C\c1ccccc1F)C(=O)N1CCN(C(=O)/C(C#N)=C/c2ccccc2F)CC1. The van der Waals surface area contributed by atoms with E-state index in [1.54, 1.807) is 24.3 Å². The van der Waals surface area contributed by atoms with Crippen LogP contribution in [-0.4, -0.2) is 47.8 Å². The highest BCUT2D eigenvalue weighted by molar-refractivity contribution is 6.03. The van der Waals surface area contributed by atoms with Gasteiger partial charge in [0.25, 0.3) is 11.8 Å². The molecule has 6 nitrogen and oxygen atoms in total. The second kappa shape index (κ2) is 10.1. The van der Waals surface area contributed by atoms with Crippen LogP contribution in [0.5, 0.6) is 0 Å². The van der Waals surface area contributed by atoms with Crippen LogP contribution in [0, 0.1) is 34.3 Å².